The highest BCUT2D eigenvalue weighted by molar-refractivity contribution is 7.89. The summed E-state index contributed by atoms with van der Waals surface area (Å²) in [7, 11) is -0.824. The summed E-state index contributed by atoms with van der Waals surface area (Å²) in [4.78, 5) is 12.7. The first-order valence-electron chi connectivity index (χ1n) is 7.14. The van der Waals surface area contributed by atoms with Crippen molar-refractivity contribution in [3.05, 3.63) is 45.6 Å². The molecule has 0 fully saturated rings. The Balaban J connectivity index is 1.79. The molecule has 0 aromatic carbocycles. The van der Waals surface area contributed by atoms with E-state index in [1.807, 2.05) is 23.6 Å². The van der Waals surface area contributed by atoms with Crippen molar-refractivity contribution in [2.45, 2.75) is 11.4 Å². The molecule has 0 saturated carbocycles. The minimum Gasteiger partial charge on any atom is -0.465 e. The molecule has 0 aliphatic rings. The number of aromatic nitrogens is 2. The summed E-state index contributed by atoms with van der Waals surface area (Å²) in [5.41, 5.74) is 1.50. The monoisotopic (exact) mass is 397 g/mol. The highest BCUT2D eigenvalue weighted by atomic mass is 32.2. The molecular weight excluding hydrogens is 382 g/mol. The molecule has 3 heterocycles. The maximum absolute atomic E-state index is 12.5. The van der Waals surface area contributed by atoms with Crippen LogP contribution in [-0.2, 0) is 28.4 Å². The Hall–Kier alpha value is -2.01. The van der Waals surface area contributed by atoms with Crippen LogP contribution in [0.1, 0.15) is 15.4 Å². The van der Waals surface area contributed by atoms with Crippen molar-refractivity contribution in [1.82, 2.24) is 14.5 Å². The SMILES string of the molecule is COC(=O)c1sccc1S(=O)(=O)NCc1cc(-c2cccs2)n(C)n1. The maximum Gasteiger partial charge on any atom is 0.349 e. The molecule has 1 N–H and O–H groups in total. The van der Waals surface area contributed by atoms with Gasteiger partial charge in [-0.2, -0.15) is 5.10 Å². The molecule has 0 saturated heterocycles. The molecule has 0 aliphatic carbocycles. The van der Waals surface area contributed by atoms with E-state index >= 15 is 0 Å². The summed E-state index contributed by atoms with van der Waals surface area (Å²) in [6, 6.07) is 7.14. The van der Waals surface area contributed by atoms with Gasteiger partial charge in [-0.1, -0.05) is 6.07 Å². The third kappa shape index (κ3) is 3.66. The zero-order valence-corrected chi connectivity index (χ0v) is 15.9. The van der Waals surface area contributed by atoms with Gasteiger partial charge in [0.1, 0.15) is 9.77 Å². The minimum atomic E-state index is -3.85. The molecule has 132 valence electrons. The van der Waals surface area contributed by atoms with Crippen LogP contribution >= 0.6 is 22.7 Å². The Morgan fingerprint density at radius 1 is 1.32 bits per heavy atom. The summed E-state index contributed by atoms with van der Waals surface area (Å²) < 4.78 is 33.8. The average Bonchev–Trinajstić information content (AvgIpc) is 3.32. The number of ether oxygens (including phenoxy) is 1. The molecule has 3 rings (SSSR count). The first-order valence-corrected chi connectivity index (χ1v) is 10.4. The van der Waals surface area contributed by atoms with Gasteiger partial charge < -0.3 is 4.74 Å². The van der Waals surface area contributed by atoms with Crippen LogP contribution in [0.4, 0.5) is 0 Å². The van der Waals surface area contributed by atoms with Crippen LogP contribution in [0.2, 0.25) is 0 Å². The summed E-state index contributed by atoms with van der Waals surface area (Å²) in [5, 5.41) is 7.84. The lowest BCUT2D eigenvalue weighted by Gasteiger charge is -2.05. The van der Waals surface area contributed by atoms with Gasteiger partial charge in [0.2, 0.25) is 10.0 Å². The number of aryl methyl sites for hydroxylation is 1. The second-order valence-corrected chi connectivity index (χ2v) is 8.65. The summed E-state index contributed by atoms with van der Waals surface area (Å²) >= 11 is 2.61. The first kappa shape index (κ1) is 17.8. The molecule has 3 aromatic rings. The second kappa shape index (κ2) is 7.08. The quantitative estimate of drug-likeness (QED) is 0.646. The molecule has 0 unspecified atom stereocenters. The van der Waals surface area contributed by atoms with Crippen LogP contribution in [0.15, 0.2) is 39.9 Å². The third-order valence-electron chi connectivity index (χ3n) is 3.44. The van der Waals surface area contributed by atoms with Gasteiger partial charge in [0.15, 0.2) is 0 Å². The molecule has 0 radical (unpaired) electrons. The summed E-state index contributed by atoms with van der Waals surface area (Å²) in [6.07, 6.45) is 0. The molecule has 0 amide bonds. The topological polar surface area (TPSA) is 90.3 Å². The van der Waals surface area contributed by atoms with Crippen LogP contribution < -0.4 is 4.72 Å². The van der Waals surface area contributed by atoms with E-state index in [-0.39, 0.29) is 16.3 Å². The average molecular weight is 398 g/mol. The molecule has 0 atom stereocenters. The molecule has 25 heavy (non-hydrogen) atoms. The Labute approximate surface area is 152 Å². The van der Waals surface area contributed by atoms with Crippen molar-refractivity contribution in [3.63, 3.8) is 0 Å². The third-order valence-corrected chi connectivity index (χ3v) is 6.80. The number of hydrogen-bond donors (Lipinski definition) is 1. The zero-order chi connectivity index (χ0) is 18.0. The Kier molecular flexibility index (Phi) is 5.04. The van der Waals surface area contributed by atoms with Gasteiger partial charge in [0, 0.05) is 7.05 Å². The van der Waals surface area contributed by atoms with Crippen molar-refractivity contribution >= 4 is 38.7 Å². The molecular formula is C15H15N3O4S3. The molecule has 0 spiro atoms. The van der Waals surface area contributed by atoms with E-state index in [0.29, 0.717) is 5.69 Å². The van der Waals surface area contributed by atoms with Gasteiger partial charge in [-0.15, -0.1) is 22.7 Å². The van der Waals surface area contributed by atoms with Crippen molar-refractivity contribution in [1.29, 1.82) is 0 Å². The molecule has 3 aromatic heterocycles. The first-order chi connectivity index (χ1) is 11.9. The number of thiophene rings is 2. The lowest BCUT2D eigenvalue weighted by molar-refractivity contribution is 0.0602. The van der Waals surface area contributed by atoms with Gasteiger partial charge in [-0.3, -0.25) is 4.68 Å². The van der Waals surface area contributed by atoms with Crippen LogP contribution in [0.3, 0.4) is 0 Å². The fourth-order valence-corrected chi connectivity index (χ4v) is 5.37. The largest absolute Gasteiger partial charge is 0.465 e. The lowest BCUT2D eigenvalue weighted by Crippen LogP contribution is -2.24. The maximum atomic E-state index is 12.5. The van der Waals surface area contributed by atoms with Gasteiger partial charge in [0.25, 0.3) is 0 Å². The van der Waals surface area contributed by atoms with Gasteiger partial charge >= 0.3 is 5.97 Å². The van der Waals surface area contributed by atoms with E-state index in [1.54, 1.807) is 23.1 Å². The van der Waals surface area contributed by atoms with Crippen LogP contribution in [0, 0.1) is 0 Å². The second-order valence-electron chi connectivity index (χ2n) is 5.05. The normalized spacial score (nSPS) is 11.6. The predicted octanol–water partition coefficient (Wildman–Crippen LogP) is 2.48. The highest BCUT2D eigenvalue weighted by Crippen LogP contribution is 2.25. The number of carbonyl (C=O) groups is 1. The lowest BCUT2D eigenvalue weighted by atomic mass is 10.3. The van der Waals surface area contributed by atoms with E-state index in [0.717, 1.165) is 21.9 Å². The van der Waals surface area contributed by atoms with E-state index in [4.69, 9.17) is 0 Å². The van der Waals surface area contributed by atoms with Crippen molar-refractivity contribution < 1.29 is 17.9 Å². The van der Waals surface area contributed by atoms with Crippen LogP contribution in [0.25, 0.3) is 10.6 Å². The molecule has 0 bridgehead atoms. The predicted molar refractivity (Wildman–Crippen MR) is 96.2 cm³/mol. The summed E-state index contributed by atoms with van der Waals surface area (Å²) in [6.45, 7) is 0.0258. The van der Waals surface area contributed by atoms with Gasteiger partial charge in [-0.25, -0.2) is 17.9 Å². The van der Waals surface area contributed by atoms with Gasteiger partial charge in [0.05, 0.1) is 29.9 Å². The number of esters is 1. The number of rotatable bonds is 6. The van der Waals surface area contributed by atoms with Gasteiger partial charge in [-0.05, 0) is 29.0 Å². The molecule has 10 heteroatoms. The zero-order valence-electron chi connectivity index (χ0n) is 13.4. The molecule has 7 nitrogen and oxygen atoms in total. The number of carbonyl (C=O) groups excluding carboxylic acids is 1. The standard InChI is InChI=1S/C15H15N3O4S3/c1-18-11(12-4-3-6-23-12)8-10(17-18)9-16-25(20,21)13-5-7-24-14(13)15(19)22-2/h3-8,16H,9H2,1-2H3. The summed E-state index contributed by atoms with van der Waals surface area (Å²) in [5.74, 6) is -0.673. The number of nitrogens with one attached hydrogen (secondary N) is 1. The number of sulfonamides is 1. The van der Waals surface area contributed by atoms with Crippen LogP contribution in [-0.4, -0.2) is 31.3 Å². The molecule has 0 aliphatic heterocycles. The van der Waals surface area contributed by atoms with E-state index in [2.05, 4.69) is 14.6 Å². The Morgan fingerprint density at radius 2 is 2.12 bits per heavy atom. The Bertz CT molecular complexity index is 987. The van der Waals surface area contributed by atoms with Crippen molar-refractivity contribution in [3.8, 4) is 10.6 Å². The van der Waals surface area contributed by atoms with E-state index < -0.39 is 16.0 Å². The number of methoxy groups -OCH3 is 1. The fraction of sp³-hybridized carbons (Fsp3) is 0.200. The smallest absolute Gasteiger partial charge is 0.349 e. The highest BCUT2D eigenvalue weighted by Gasteiger charge is 2.24. The minimum absolute atomic E-state index is 0.0258. The van der Waals surface area contributed by atoms with Crippen molar-refractivity contribution in [2.75, 3.05) is 7.11 Å². The number of nitrogens with zero attached hydrogens (tertiary/aromatic N) is 2. The fourth-order valence-electron chi connectivity index (χ4n) is 2.27. The number of hydrogen-bond acceptors (Lipinski definition) is 7. The van der Waals surface area contributed by atoms with E-state index in [1.165, 1.54) is 18.6 Å². The van der Waals surface area contributed by atoms with E-state index in [9.17, 15) is 13.2 Å². The van der Waals surface area contributed by atoms with Crippen LogP contribution in [0.5, 0.6) is 0 Å². The van der Waals surface area contributed by atoms with Crippen molar-refractivity contribution in [2.24, 2.45) is 7.05 Å². The Morgan fingerprint density at radius 3 is 2.80 bits per heavy atom.